The standard InChI is InChI=1S/C12H10BrNO3S/c13-10-5-4-7(18-10)6-17-11-8(12(15)16)2-1-3-9(11)14/h1-5H,6,14H2,(H,15,16). The summed E-state index contributed by atoms with van der Waals surface area (Å²) in [6.45, 7) is 0.296. The van der Waals surface area contributed by atoms with Crippen molar-refractivity contribution in [3.8, 4) is 5.75 Å². The van der Waals surface area contributed by atoms with Crippen LogP contribution in [0.1, 0.15) is 15.2 Å². The fourth-order valence-electron chi connectivity index (χ4n) is 1.46. The van der Waals surface area contributed by atoms with Gasteiger partial charge in [-0.05, 0) is 40.2 Å². The van der Waals surface area contributed by atoms with Gasteiger partial charge in [0.1, 0.15) is 12.2 Å². The molecule has 1 aromatic heterocycles. The number of carbonyl (C=O) groups is 1. The Balaban J connectivity index is 2.20. The van der Waals surface area contributed by atoms with Crippen LogP contribution < -0.4 is 10.5 Å². The molecule has 0 spiro atoms. The summed E-state index contributed by atoms with van der Waals surface area (Å²) in [5.74, 6) is -0.834. The first-order valence-electron chi connectivity index (χ1n) is 5.06. The zero-order valence-corrected chi connectivity index (χ0v) is 11.6. The van der Waals surface area contributed by atoms with E-state index in [1.165, 1.54) is 17.4 Å². The van der Waals surface area contributed by atoms with Crippen LogP contribution in [0.2, 0.25) is 0 Å². The van der Waals surface area contributed by atoms with E-state index >= 15 is 0 Å². The second-order valence-electron chi connectivity index (χ2n) is 3.52. The SMILES string of the molecule is Nc1cccc(C(=O)O)c1OCc1ccc(Br)s1. The van der Waals surface area contributed by atoms with E-state index in [0.717, 1.165) is 8.66 Å². The number of carboxylic acid groups (broad SMARTS) is 1. The summed E-state index contributed by atoms with van der Waals surface area (Å²) >= 11 is 4.89. The molecule has 0 fully saturated rings. The van der Waals surface area contributed by atoms with Crippen molar-refractivity contribution >= 4 is 38.9 Å². The van der Waals surface area contributed by atoms with E-state index in [1.54, 1.807) is 12.1 Å². The molecule has 1 heterocycles. The van der Waals surface area contributed by atoms with E-state index in [9.17, 15) is 4.79 Å². The molecule has 0 atom stereocenters. The molecule has 94 valence electrons. The Morgan fingerprint density at radius 1 is 1.39 bits per heavy atom. The van der Waals surface area contributed by atoms with Gasteiger partial charge in [0.05, 0.1) is 9.47 Å². The third-order valence-electron chi connectivity index (χ3n) is 2.26. The maximum absolute atomic E-state index is 11.0. The largest absolute Gasteiger partial charge is 0.485 e. The first-order chi connectivity index (χ1) is 8.58. The van der Waals surface area contributed by atoms with Gasteiger partial charge < -0.3 is 15.6 Å². The number of carboxylic acids is 1. The van der Waals surface area contributed by atoms with E-state index in [4.69, 9.17) is 15.6 Å². The molecule has 0 radical (unpaired) electrons. The molecule has 18 heavy (non-hydrogen) atoms. The molecule has 6 heteroatoms. The molecule has 3 N–H and O–H groups in total. The first kappa shape index (κ1) is 12.9. The van der Waals surface area contributed by atoms with Crippen molar-refractivity contribution in [3.63, 3.8) is 0 Å². The van der Waals surface area contributed by atoms with Gasteiger partial charge in [-0.1, -0.05) is 6.07 Å². The highest BCUT2D eigenvalue weighted by molar-refractivity contribution is 9.11. The number of hydrogen-bond donors (Lipinski definition) is 2. The maximum Gasteiger partial charge on any atom is 0.339 e. The molecule has 0 aliphatic carbocycles. The number of ether oxygens (including phenoxy) is 1. The second kappa shape index (κ2) is 5.41. The molecule has 0 aliphatic rings. The van der Waals surface area contributed by atoms with Crippen LogP contribution in [-0.2, 0) is 6.61 Å². The van der Waals surface area contributed by atoms with Crippen LogP contribution in [0.5, 0.6) is 5.75 Å². The first-order valence-corrected chi connectivity index (χ1v) is 6.67. The Morgan fingerprint density at radius 2 is 2.17 bits per heavy atom. The smallest absolute Gasteiger partial charge is 0.339 e. The Hall–Kier alpha value is -1.53. The van der Waals surface area contributed by atoms with Gasteiger partial charge in [-0.25, -0.2) is 4.79 Å². The Kier molecular flexibility index (Phi) is 3.88. The molecule has 0 saturated heterocycles. The van der Waals surface area contributed by atoms with Crippen LogP contribution in [0.4, 0.5) is 5.69 Å². The lowest BCUT2D eigenvalue weighted by molar-refractivity contribution is 0.0692. The van der Waals surface area contributed by atoms with Crippen molar-refractivity contribution < 1.29 is 14.6 Å². The van der Waals surface area contributed by atoms with Crippen molar-refractivity contribution in [1.82, 2.24) is 0 Å². The predicted molar refractivity (Wildman–Crippen MR) is 74.2 cm³/mol. The third kappa shape index (κ3) is 2.83. The topological polar surface area (TPSA) is 72.6 Å². The van der Waals surface area contributed by atoms with Gasteiger partial charge in [0.25, 0.3) is 0 Å². The van der Waals surface area contributed by atoms with Crippen LogP contribution in [0, 0.1) is 0 Å². The van der Waals surface area contributed by atoms with Crippen molar-refractivity contribution in [2.24, 2.45) is 0 Å². The molecule has 0 unspecified atom stereocenters. The second-order valence-corrected chi connectivity index (χ2v) is 6.07. The zero-order valence-electron chi connectivity index (χ0n) is 9.22. The summed E-state index contributed by atoms with van der Waals surface area (Å²) in [5.41, 5.74) is 6.13. The Morgan fingerprint density at radius 3 is 2.78 bits per heavy atom. The molecule has 4 nitrogen and oxygen atoms in total. The van der Waals surface area contributed by atoms with Crippen LogP contribution in [0.25, 0.3) is 0 Å². The number of rotatable bonds is 4. The van der Waals surface area contributed by atoms with Gasteiger partial charge in [-0.2, -0.15) is 0 Å². The number of hydrogen-bond acceptors (Lipinski definition) is 4. The number of para-hydroxylation sites is 1. The summed E-state index contributed by atoms with van der Waals surface area (Å²) in [6, 6.07) is 8.50. The number of anilines is 1. The highest BCUT2D eigenvalue weighted by Crippen LogP contribution is 2.29. The molecular weight excluding hydrogens is 318 g/mol. The number of aromatic carboxylic acids is 1. The average Bonchev–Trinajstić information content (AvgIpc) is 2.73. The molecule has 2 aromatic rings. The fraction of sp³-hybridized carbons (Fsp3) is 0.0833. The fourth-order valence-corrected chi connectivity index (χ4v) is 2.85. The highest BCUT2D eigenvalue weighted by atomic mass is 79.9. The molecule has 0 aliphatic heterocycles. The van der Waals surface area contributed by atoms with Gasteiger partial charge in [0.2, 0.25) is 0 Å². The molecule has 0 bridgehead atoms. The van der Waals surface area contributed by atoms with Gasteiger partial charge >= 0.3 is 5.97 Å². The number of benzene rings is 1. The molecule has 0 amide bonds. The summed E-state index contributed by atoms with van der Waals surface area (Å²) in [4.78, 5) is 12.0. The van der Waals surface area contributed by atoms with Gasteiger partial charge in [0, 0.05) is 4.88 Å². The van der Waals surface area contributed by atoms with E-state index in [0.29, 0.717) is 12.3 Å². The molecule has 1 aromatic carbocycles. The van der Waals surface area contributed by atoms with Gasteiger partial charge in [-0.3, -0.25) is 0 Å². The predicted octanol–water partition coefficient (Wildman–Crippen LogP) is 3.37. The summed E-state index contributed by atoms with van der Waals surface area (Å²) in [6.07, 6.45) is 0. The number of halogens is 1. The van der Waals surface area contributed by atoms with E-state index in [1.807, 2.05) is 12.1 Å². The average molecular weight is 328 g/mol. The minimum absolute atomic E-state index is 0.0746. The van der Waals surface area contributed by atoms with Crippen molar-refractivity contribution in [3.05, 3.63) is 44.6 Å². The lowest BCUT2D eigenvalue weighted by Crippen LogP contribution is -2.05. The Labute approximate surface area is 116 Å². The number of thiophene rings is 1. The van der Waals surface area contributed by atoms with Crippen LogP contribution in [-0.4, -0.2) is 11.1 Å². The molecule has 2 rings (SSSR count). The van der Waals surface area contributed by atoms with Crippen molar-refractivity contribution in [1.29, 1.82) is 0 Å². The van der Waals surface area contributed by atoms with Crippen LogP contribution >= 0.6 is 27.3 Å². The lowest BCUT2D eigenvalue weighted by atomic mass is 10.2. The monoisotopic (exact) mass is 327 g/mol. The normalized spacial score (nSPS) is 10.3. The van der Waals surface area contributed by atoms with E-state index < -0.39 is 5.97 Å². The zero-order chi connectivity index (χ0) is 13.1. The van der Waals surface area contributed by atoms with Crippen LogP contribution in [0.3, 0.4) is 0 Å². The summed E-state index contributed by atoms with van der Waals surface area (Å²) in [5, 5.41) is 9.05. The van der Waals surface area contributed by atoms with Crippen molar-refractivity contribution in [2.45, 2.75) is 6.61 Å². The minimum atomic E-state index is -1.05. The number of nitrogens with two attached hydrogens (primary N) is 1. The molecular formula is C12H10BrNO3S. The van der Waals surface area contributed by atoms with Gasteiger partial charge in [0.15, 0.2) is 5.75 Å². The minimum Gasteiger partial charge on any atom is -0.485 e. The van der Waals surface area contributed by atoms with Crippen LogP contribution in [0.15, 0.2) is 34.1 Å². The third-order valence-corrected chi connectivity index (χ3v) is 3.86. The summed E-state index contributed by atoms with van der Waals surface area (Å²) in [7, 11) is 0. The van der Waals surface area contributed by atoms with Crippen molar-refractivity contribution in [2.75, 3.05) is 5.73 Å². The number of nitrogen functional groups attached to an aromatic ring is 1. The molecule has 0 saturated carbocycles. The van der Waals surface area contributed by atoms with E-state index in [2.05, 4.69) is 15.9 Å². The Bertz CT molecular complexity index is 582. The lowest BCUT2D eigenvalue weighted by Gasteiger charge is -2.10. The summed E-state index contributed by atoms with van der Waals surface area (Å²) < 4.78 is 6.51. The van der Waals surface area contributed by atoms with E-state index in [-0.39, 0.29) is 11.3 Å². The highest BCUT2D eigenvalue weighted by Gasteiger charge is 2.14. The maximum atomic E-state index is 11.0. The van der Waals surface area contributed by atoms with Gasteiger partial charge in [-0.15, -0.1) is 11.3 Å². The quantitative estimate of drug-likeness (QED) is 0.844.